The number of nitrogens with one attached hydrogen (secondary N) is 1. The van der Waals surface area contributed by atoms with Crippen LogP contribution in [0.3, 0.4) is 0 Å². The Labute approximate surface area is 130 Å². The summed E-state index contributed by atoms with van der Waals surface area (Å²) in [5.41, 5.74) is 0.955. The fourth-order valence-electron chi connectivity index (χ4n) is 2.66. The lowest BCUT2D eigenvalue weighted by Crippen LogP contribution is -2.40. The second-order valence-corrected chi connectivity index (χ2v) is 5.52. The Bertz CT molecular complexity index is 641. The number of morpholine rings is 1. The van der Waals surface area contributed by atoms with E-state index in [0.717, 1.165) is 42.9 Å². The summed E-state index contributed by atoms with van der Waals surface area (Å²) in [6, 6.07) is 1.99. The zero-order chi connectivity index (χ0) is 15.5. The Morgan fingerprint density at radius 1 is 1.41 bits per heavy atom. The van der Waals surface area contributed by atoms with Gasteiger partial charge in [0.25, 0.3) is 0 Å². The van der Waals surface area contributed by atoms with Crippen molar-refractivity contribution in [2.45, 2.75) is 19.5 Å². The van der Waals surface area contributed by atoms with Crippen LogP contribution < -0.4 is 5.32 Å². The third-order valence-electron chi connectivity index (χ3n) is 3.93. The number of aryl methyl sites for hydroxylation is 2. The van der Waals surface area contributed by atoms with Crippen LogP contribution in [0.1, 0.15) is 23.4 Å². The molecule has 1 saturated heterocycles. The van der Waals surface area contributed by atoms with E-state index >= 15 is 0 Å². The van der Waals surface area contributed by atoms with Crippen LogP contribution in [0.2, 0.25) is 0 Å². The van der Waals surface area contributed by atoms with Crippen molar-refractivity contribution in [2.24, 2.45) is 7.05 Å². The van der Waals surface area contributed by atoms with E-state index in [-0.39, 0.29) is 6.04 Å². The Hall–Kier alpha value is -1.99. The van der Waals surface area contributed by atoms with Gasteiger partial charge in [0.15, 0.2) is 0 Å². The molecule has 1 N–H and O–H groups in total. The first-order valence-corrected chi connectivity index (χ1v) is 7.48. The van der Waals surface area contributed by atoms with Crippen LogP contribution in [0.5, 0.6) is 0 Å². The van der Waals surface area contributed by atoms with Gasteiger partial charge in [-0.15, -0.1) is 0 Å². The second-order valence-electron chi connectivity index (χ2n) is 5.52. The number of hydrogen-bond donors (Lipinski definition) is 1. The molecule has 0 unspecified atom stereocenters. The van der Waals surface area contributed by atoms with E-state index in [9.17, 15) is 0 Å². The smallest absolute Gasteiger partial charge is 0.150 e. The quantitative estimate of drug-likeness (QED) is 0.913. The highest BCUT2D eigenvalue weighted by atomic mass is 16.5. The Morgan fingerprint density at radius 2 is 2.27 bits per heavy atom. The van der Waals surface area contributed by atoms with Gasteiger partial charge in [0, 0.05) is 44.8 Å². The van der Waals surface area contributed by atoms with Crippen LogP contribution in [0.15, 0.2) is 18.5 Å². The van der Waals surface area contributed by atoms with Crippen molar-refractivity contribution in [3.8, 4) is 0 Å². The molecular weight excluding hydrogens is 280 g/mol. The fourth-order valence-corrected chi connectivity index (χ4v) is 2.66. The minimum atomic E-state index is 0.0532. The van der Waals surface area contributed by atoms with Gasteiger partial charge >= 0.3 is 0 Å². The maximum Gasteiger partial charge on any atom is 0.150 e. The average molecular weight is 302 g/mol. The highest BCUT2D eigenvalue weighted by Crippen LogP contribution is 2.24. The monoisotopic (exact) mass is 302 g/mol. The van der Waals surface area contributed by atoms with Crippen LogP contribution in [0.25, 0.3) is 0 Å². The van der Waals surface area contributed by atoms with Crippen LogP contribution in [-0.4, -0.2) is 51.2 Å². The van der Waals surface area contributed by atoms with Crippen LogP contribution in [0.4, 0.5) is 5.82 Å². The lowest BCUT2D eigenvalue weighted by Gasteiger charge is -2.34. The molecule has 0 aromatic carbocycles. The average Bonchev–Trinajstić information content (AvgIpc) is 2.92. The van der Waals surface area contributed by atoms with Gasteiger partial charge in [0.2, 0.25) is 0 Å². The minimum Gasteiger partial charge on any atom is -0.378 e. The van der Waals surface area contributed by atoms with Crippen LogP contribution in [0, 0.1) is 6.92 Å². The Morgan fingerprint density at radius 3 is 3.00 bits per heavy atom. The number of rotatable bonds is 4. The summed E-state index contributed by atoms with van der Waals surface area (Å²) in [5.74, 6) is 2.68. The molecule has 3 heterocycles. The molecule has 0 aliphatic carbocycles. The maximum atomic E-state index is 5.66. The standard InChI is InChI=1S/C15H22N6O/c1-11-8-13(16-2)19-15(18-11)12-10-22-7-6-21(12)9-14-17-4-5-20(14)3/h4-5,8,12H,6-7,9-10H2,1-3H3,(H,16,18,19)/t12-/m1/s1. The number of nitrogens with zero attached hydrogens (tertiary/aromatic N) is 5. The second kappa shape index (κ2) is 6.41. The van der Waals surface area contributed by atoms with Crippen LogP contribution >= 0.6 is 0 Å². The van der Waals surface area contributed by atoms with E-state index < -0.39 is 0 Å². The lowest BCUT2D eigenvalue weighted by molar-refractivity contribution is -0.0173. The van der Waals surface area contributed by atoms with Crippen molar-refractivity contribution in [1.82, 2.24) is 24.4 Å². The molecule has 1 atom stereocenters. The predicted octanol–water partition coefficient (Wildman–Crippen LogP) is 1.13. The minimum absolute atomic E-state index is 0.0532. The first-order chi connectivity index (χ1) is 10.7. The van der Waals surface area contributed by atoms with Gasteiger partial charge in [-0.2, -0.15) is 0 Å². The van der Waals surface area contributed by atoms with Gasteiger partial charge < -0.3 is 14.6 Å². The van der Waals surface area contributed by atoms with E-state index in [0.29, 0.717) is 6.61 Å². The molecule has 1 fully saturated rings. The molecule has 0 spiro atoms. The first-order valence-electron chi connectivity index (χ1n) is 7.48. The van der Waals surface area contributed by atoms with Gasteiger partial charge in [0.05, 0.1) is 25.8 Å². The van der Waals surface area contributed by atoms with Crippen molar-refractivity contribution in [2.75, 3.05) is 32.1 Å². The van der Waals surface area contributed by atoms with Crippen LogP contribution in [-0.2, 0) is 18.3 Å². The number of imidazole rings is 1. The molecule has 2 aromatic heterocycles. The van der Waals surface area contributed by atoms with Gasteiger partial charge in [-0.05, 0) is 6.92 Å². The van der Waals surface area contributed by atoms with Crippen molar-refractivity contribution in [1.29, 1.82) is 0 Å². The van der Waals surface area contributed by atoms with Gasteiger partial charge in [-0.25, -0.2) is 15.0 Å². The summed E-state index contributed by atoms with van der Waals surface area (Å²) in [6.45, 7) is 4.94. The number of hydrogen-bond acceptors (Lipinski definition) is 6. The van der Waals surface area contributed by atoms with Crippen molar-refractivity contribution < 1.29 is 4.74 Å². The maximum absolute atomic E-state index is 5.66. The first kappa shape index (κ1) is 14.9. The molecule has 0 radical (unpaired) electrons. The van der Waals surface area contributed by atoms with E-state index in [1.165, 1.54) is 0 Å². The van der Waals surface area contributed by atoms with E-state index in [4.69, 9.17) is 4.74 Å². The highest BCUT2D eigenvalue weighted by molar-refractivity contribution is 5.35. The number of ether oxygens (including phenoxy) is 1. The number of anilines is 1. The zero-order valence-electron chi connectivity index (χ0n) is 13.3. The summed E-state index contributed by atoms with van der Waals surface area (Å²) in [5, 5.41) is 3.09. The van der Waals surface area contributed by atoms with Gasteiger partial charge in [-0.3, -0.25) is 4.90 Å². The largest absolute Gasteiger partial charge is 0.378 e. The van der Waals surface area contributed by atoms with Crippen molar-refractivity contribution in [3.63, 3.8) is 0 Å². The topological polar surface area (TPSA) is 68.1 Å². The normalized spacial score (nSPS) is 19.3. The molecule has 3 rings (SSSR count). The van der Waals surface area contributed by atoms with E-state index in [1.807, 2.05) is 44.0 Å². The van der Waals surface area contributed by atoms with E-state index in [1.54, 1.807) is 0 Å². The molecule has 0 saturated carbocycles. The van der Waals surface area contributed by atoms with Crippen molar-refractivity contribution >= 4 is 5.82 Å². The molecule has 22 heavy (non-hydrogen) atoms. The summed E-state index contributed by atoms with van der Waals surface area (Å²) in [7, 11) is 3.88. The Balaban J connectivity index is 1.86. The molecule has 1 aliphatic rings. The van der Waals surface area contributed by atoms with E-state index in [2.05, 4.69) is 25.2 Å². The summed E-state index contributed by atoms with van der Waals surface area (Å²) in [6.07, 6.45) is 3.79. The zero-order valence-corrected chi connectivity index (χ0v) is 13.3. The summed E-state index contributed by atoms with van der Waals surface area (Å²) >= 11 is 0. The fraction of sp³-hybridized carbons (Fsp3) is 0.533. The number of aromatic nitrogens is 4. The van der Waals surface area contributed by atoms with Gasteiger partial charge in [0.1, 0.15) is 17.5 Å². The third-order valence-corrected chi connectivity index (χ3v) is 3.93. The summed E-state index contributed by atoms with van der Waals surface area (Å²) < 4.78 is 7.70. The predicted molar refractivity (Wildman–Crippen MR) is 83.5 cm³/mol. The third kappa shape index (κ3) is 3.10. The molecule has 0 bridgehead atoms. The molecule has 118 valence electrons. The van der Waals surface area contributed by atoms with Crippen molar-refractivity contribution in [3.05, 3.63) is 35.8 Å². The van der Waals surface area contributed by atoms with Gasteiger partial charge in [-0.1, -0.05) is 0 Å². The molecule has 1 aliphatic heterocycles. The summed E-state index contributed by atoms with van der Waals surface area (Å²) in [4.78, 5) is 16.0. The molecule has 7 heteroatoms. The molecular formula is C15H22N6O. The molecule has 0 amide bonds. The molecule has 2 aromatic rings. The lowest BCUT2D eigenvalue weighted by atomic mass is 10.2. The Kier molecular flexibility index (Phi) is 4.35. The highest BCUT2D eigenvalue weighted by Gasteiger charge is 2.28. The molecule has 7 nitrogen and oxygen atoms in total. The SMILES string of the molecule is CNc1cc(C)nc([C@H]2COCCN2Cc2nccn2C)n1.